The zero-order valence-corrected chi connectivity index (χ0v) is 15.7. The van der Waals surface area contributed by atoms with Crippen molar-refractivity contribution in [3.8, 4) is 0 Å². The number of likely N-dealkylation sites (tertiary alicyclic amines) is 1. The van der Waals surface area contributed by atoms with Crippen LogP contribution < -0.4 is 0 Å². The van der Waals surface area contributed by atoms with Gasteiger partial charge in [0.15, 0.2) is 0 Å². The van der Waals surface area contributed by atoms with Crippen molar-refractivity contribution in [1.82, 2.24) is 0 Å². The molecule has 1 saturated carbocycles. The zero-order chi connectivity index (χ0) is 18.0. The van der Waals surface area contributed by atoms with Gasteiger partial charge in [0.1, 0.15) is 12.0 Å². The lowest BCUT2D eigenvalue weighted by Gasteiger charge is -2.49. The first-order valence-corrected chi connectivity index (χ1v) is 9.67. The highest BCUT2D eigenvalue weighted by Gasteiger charge is 2.50. The molecule has 0 bridgehead atoms. The van der Waals surface area contributed by atoms with Crippen molar-refractivity contribution in [2.45, 2.75) is 63.6 Å². The van der Waals surface area contributed by atoms with E-state index in [0.717, 1.165) is 22.9 Å². The van der Waals surface area contributed by atoms with Crippen molar-refractivity contribution in [3.63, 3.8) is 0 Å². The Morgan fingerprint density at radius 1 is 1.28 bits per heavy atom. The third kappa shape index (κ3) is 3.61. The van der Waals surface area contributed by atoms with Crippen LogP contribution >= 0.6 is 0 Å². The Bertz CT molecular complexity index is 588. The predicted octanol–water partition coefficient (Wildman–Crippen LogP) is 3.10. The van der Waals surface area contributed by atoms with Gasteiger partial charge in [-0.15, -0.1) is 0 Å². The second kappa shape index (κ2) is 7.46. The first kappa shape index (κ1) is 18.4. The number of aliphatic hydroxyl groups excluding tert-OH is 1. The SMILES string of the molecule is CC(C)[N@+]1(C)CCCC2C[C@@H](OC(=O)C(CO)c3ccccc3)CC21. The number of ether oxygens (including phenoxy) is 1. The summed E-state index contributed by atoms with van der Waals surface area (Å²) >= 11 is 0. The maximum absolute atomic E-state index is 12.6. The largest absolute Gasteiger partial charge is 0.462 e. The van der Waals surface area contributed by atoms with Crippen LogP contribution in [0.4, 0.5) is 0 Å². The smallest absolute Gasteiger partial charge is 0.316 e. The molecule has 0 aromatic heterocycles. The van der Waals surface area contributed by atoms with Crippen molar-refractivity contribution in [1.29, 1.82) is 0 Å². The van der Waals surface area contributed by atoms with Gasteiger partial charge in [-0.05, 0) is 38.7 Å². The van der Waals surface area contributed by atoms with Crippen LogP contribution in [-0.2, 0) is 9.53 Å². The Labute approximate surface area is 151 Å². The molecule has 1 aromatic carbocycles. The molecule has 0 radical (unpaired) electrons. The first-order chi connectivity index (χ1) is 12.0. The molecule has 4 nitrogen and oxygen atoms in total. The molecule has 0 amide bonds. The summed E-state index contributed by atoms with van der Waals surface area (Å²) in [6, 6.07) is 10.6. The third-order valence-electron chi connectivity index (χ3n) is 6.72. The van der Waals surface area contributed by atoms with Gasteiger partial charge in [0.2, 0.25) is 0 Å². The molecule has 1 N–H and O–H groups in total. The van der Waals surface area contributed by atoms with Gasteiger partial charge in [0.05, 0.1) is 32.3 Å². The van der Waals surface area contributed by atoms with E-state index in [9.17, 15) is 9.90 Å². The van der Waals surface area contributed by atoms with Crippen LogP contribution in [0.25, 0.3) is 0 Å². The highest BCUT2D eigenvalue weighted by Crippen LogP contribution is 2.43. The minimum atomic E-state index is -0.574. The lowest BCUT2D eigenvalue weighted by atomic mass is 9.88. The molecular weight excluding hydrogens is 314 g/mol. The van der Waals surface area contributed by atoms with Crippen molar-refractivity contribution in [2.24, 2.45) is 5.92 Å². The van der Waals surface area contributed by atoms with E-state index < -0.39 is 5.92 Å². The van der Waals surface area contributed by atoms with E-state index in [-0.39, 0.29) is 18.7 Å². The van der Waals surface area contributed by atoms with Gasteiger partial charge in [0, 0.05) is 12.3 Å². The zero-order valence-electron chi connectivity index (χ0n) is 15.7. The van der Waals surface area contributed by atoms with Crippen molar-refractivity contribution >= 4 is 5.97 Å². The Morgan fingerprint density at radius 3 is 2.64 bits per heavy atom. The fourth-order valence-electron chi connectivity index (χ4n) is 4.93. The van der Waals surface area contributed by atoms with Gasteiger partial charge in [-0.3, -0.25) is 4.79 Å². The topological polar surface area (TPSA) is 46.5 Å². The normalized spacial score (nSPS) is 33.1. The number of aliphatic hydroxyl groups is 1. The number of rotatable bonds is 5. The van der Waals surface area contributed by atoms with Crippen molar-refractivity contribution in [2.75, 3.05) is 20.2 Å². The summed E-state index contributed by atoms with van der Waals surface area (Å²) < 4.78 is 6.97. The van der Waals surface area contributed by atoms with E-state index >= 15 is 0 Å². The van der Waals surface area contributed by atoms with E-state index in [4.69, 9.17) is 4.74 Å². The summed E-state index contributed by atoms with van der Waals surface area (Å²) in [4.78, 5) is 12.6. The molecule has 5 atom stereocenters. The Morgan fingerprint density at radius 2 is 2.00 bits per heavy atom. The lowest BCUT2D eigenvalue weighted by Crippen LogP contribution is -2.60. The summed E-state index contributed by atoms with van der Waals surface area (Å²) in [5.74, 6) is -0.200. The minimum Gasteiger partial charge on any atom is -0.462 e. The van der Waals surface area contributed by atoms with Gasteiger partial charge in [0.25, 0.3) is 0 Å². The first-order valence-electron chi connectivity index (χ1n) is 9.67. The predicted molar refractivity (Wildman–Crippen MR) is 98.1 cm³/mol. The van der Waals surface area contributed by atoms with Gasteiger partial charge >= 0.3 is 5.97 Å². The van der Waals surface area contributed by atoms with Crippen LogP contribution in [0, 0.1) is 5.92 Å². The number of hydrogen-bond donors (Lipinski definition) is 1. The molecule has 3 rings (SSSR count). The van der Waals surface area contributed by atoms with Crippen molar-refractivity contribution < 1.29 is 19.1 Å². The Kier molecular flexibility index (Phi) is 5.49. The van der Waals surface area contributed by atoms with Crippen LogP contribution in [0.5, 0.6) is 0 Å². The summed E-state index contributed by atoms with van der Waals surface area (Å²) in [5, 5.41) is 9.68. The Balaban J connectivity index is 1.67. The van der Waals surface area contributed by atoms with E-state index in [0.29, 0.717) is 18.0 Å². The summed E-state index contributed by atoms with van der Waals surface area (Å²) in [6.07, 6.45) is 4.44. The maximum Gasteiger partial charge on any atom is 0.316 e. The fraction of sp³-hybridized carbons (Fsp3) is 0.667. The number of esters is 1. The average Bonchev–Trinajstić information content (AvgIpc) is 3.00. The molecule has 3 unspecified atom stereocenters. The number of piperidine rings is 1. The van der Waals surface area contributed by atoms with Crippen LogP contribution in [0.15, 0.2) is 30.3 Å². The number of carbonyl (C=O) groups is 1. The van der Waals surface area contributed by atoms with Gasteiger partial charge < -0.3 is 14.3 Å². The third-order valence-corrected chi connectivity index (χ3v) is 6.72. The number of benzene rings is 1. The second-order valence-corrected chi connectivity index (χ2v) is 8.31. The number of fused-ring (bicyclic) bond motifs is 1. The van der Waals surface area contributed by atoms with E-state index in [2.05, 4.69) is 20.9 Å². The molecule has 4 heteroatoms. The highest BCUT2D eigenvalue weighted by molar-refractivity contribution is 5.78. The second-order valence-electron chi connectivity index (χ2n) is 8.31. The van der Waals surface area contributed by atoms with Gasteiger partial charge in [-0.2, -0.15) is 0 Å². The number of hydrogen-bond acceptors (Lipinski definition) is 3. The highest BCUT2D eigenvalue weighted by atomic mass is 16.5. The van der Waals surface area contributed by atoms with Crippen LogP contribution in [0.3, 0.4) is 0 Å². The van der Waals surface area contributed by atoms with Crippen LogP contribution in [0.1, 0.15) is 51.0 Å². The minimum absolute atomic E-state index is 0.00503. The molecule has 2 aliphatic rings. The number of nitrogens with zero attached hydrogens (tertiary/aromatic N) is 1. The standard InChI is InChI=1S/C21H32NO3/c1-15(2)22(3)11-7-10-17-12-18(13-20(17)22)25-21(24)19(14-23)16-8-5-4-6-9-16/h4-6,8-9,15,17-20,23H,7,10-14H2,1-3H3/q+1/t17?,18-,19?,20?,22+/m1/s1. The molecule has 1 saturated heterocycles. The maximum atomic E-state index is 12.6. The Hall–Kier alpha value is -1.39. The number of quaternary nitrogens is 1. The van der Waals surface area contributed by atoms with Crippen LogP contribution in [-0.4, -0.2) is 53.9 Å². The van der Waals surface area contributed by atoms with E-state index in [1.54, 1.807) is 0 Å². The van der Waals surface area contributed by atoms with E-state index in [1.807, 2.05) is 30.3 Å². The summed E-state index contributed by atoms with van der Waals surface area (Å²) in [6.45, 7) is 5.63. The average molecular weight is 346 g/mol. The fourth-order valence-corrected chi connectivity index (χ4v) is 4.93. The van der Waals surface area contributed by atoms with Gasteiger partial charge in [-0.25, -0.2) is 0 Å². The summed E-state index contributed by atoms with van der Waals surface area (Å²) in [5.41, 5.74) is 0.827. The summed E-state index contributed by atoms with van der Waals surface area (Å²) in [7, 11) is 2.37. The molecule has 0 spiro atoms. The molecule has 1 heterocycles. The van der Waals surface area contributed by atoms with E-state index in [1.165, 1.54) is 19.4 Å². The quantitative estimate of drug-likeness (QED) is 0.658. The lowest BCUT2D eigenvalue weighted by molar-refractivity contribution is -0.960. The van der Waals surface area contributed by atoms with Crippen molar-refractivity contribution in [3.05, 3.63) is 35.9 Å². The molecule has 2 fully saturated rings. The van der Waals surface area contributed by atoms with Gasteiger partial charge in [-0.1, -0.05) is 30.3 Å². The van der Waals surface area contributed by atoms with Crippen LogP contribution in [0.2, 0.25) is 0 Å². The molecule has 1 aliphatic heterocycles. The molecular formula is C21H32NO3+. The molecule has 25 heavy (non-hydrogen) atoms. The molecule has 138 valence electrons. The molecule has 1 aromatic rings. The monoisotopic (exact) mass is 346 g/mol. The number of carbonyl (C=O) groups excluding carboxylic acids is 1. The molecule has 1 aliphatic carbocycles.